The average Bonchev–Trinajstić information content (AvgIpc) is 2.87. The minimum Gasteiger partial charge on any atom is -0.477 e. The van der Waals surface area contributed by atoms with E-state index in [1.165, 1.54) is 12.3 Å². The van der Waals surface area contributed by atoms with E-state index in [9.17, 15) is 9.59 Å². The second-order valence-corrected chi connectivity index (χ2v) is 4.71. The molecule has 2 rings (SSSR count). The number of aromatic amines is 1. The molecule has 2 N–H and O–H groups in total. The van der Waals surface area contributed by atoms with Crippen molar-refractivity contribution < 1.29 is 14.7 Å². The van der Waals surface area contributed by atoms with Crippen LogP contribution in [0.3, 0.4) is 0 Å². The van der Waals surface area contributed by atoms with E-state index in [-0.39, 0.29) is 11.5 Å². The van der Waals surface area contributed by atoms with E-state index in [1.807, 2.05) is 12.1 Å². The van der Waals surface area contributed by atoms with Gasteiger partial charge >= 0.3 is 5.97 Å². The molecular weight excluding hydrogens is 242 g/mol. The van der Waals surface area contributed by atoms with E-state index in [2.05, 4.69) is 18.8 Å². The van der Waals surface area contributed by atoms with Crippen LogP contribution < -0.4 is 0 Å². The molecule has 0 fully saturated rings. The van der Waals surface area contributed by atoms with E-state index in [0.29, 0.717) is 17.0 Å². The Hall–Kier alpha value is -2.36. The average molecular weight is 257 g/mol. The molecule has 0 aliphatic carbocycles. The highest BCUT2D eigenvalue weighted by Gasteiger charge is 2.14. The number of carboxylic acid groups (broad SMARTS) is 1. The van der Waals surface area contributed by atoms with Gasteiger partial charge in [-0.3, -0.25) is 4.79 Å². The number of aromatic carboxylic acids is 1. The summed E-state index contributed by atoms with van der Waals surface area (Å²) in [4.78, 5) is 25.5. The van der Waals surface area contributed by atoms with Crippen LogP contribution in [0.2, 0.25) is 0 Å². The van der Waals surface area contributed by atoms with Crippen LogP contribution in [0, 0.1) is 0 Å². The van der Waals surface area contributed by atoms with Crippen molar-refractivity contribution in [2.75, 3.05) is 0 Å². The number of aromatic nitrogens is 1. The van der Waals surface area contributed by atoms with Crippen molar-refractivity contribution in [1.82, 2.24) is 4.98 Å². The quantitative estimate of drug-likeness (QED) is 0.827. The normalized spacial score (nSPS) is 10.7. The van der Waals surface area contributed by atoms with Crippen LogP contribution in [0.15, 0.2) is 36.5 Å². The van der Waals surface area contributed by atoms with Crippen LogP contribution in [0.4, 0.5) is 0 Å². The summed E-state index contributed by atoms with van der Waals surface area (Å²) in [7, 11) is 0. The van der Waals surface area contributed by atoms with E-state index < -0.39 is 5.97 Å². The van der Waals surface area contributed by atoms with Gasteiger partial charge in [0.1, 0.15) is 5.69 Å². The fourth-order valence-corrected chi connectivity index (χ4v) is 1.83. The molecule has 0 aliphatic rings. The summed E-state index contributed by atoms with van der Waals surface area (Å²) in [6.07, 6.45) is 1.42. The molecule has 1 aromatic carbocycles. The Bertz CT molecular complexity index is 609. The van der Waals surface area contributed by atoms with Gasteiger partial charge in [-0.25, -0.2) is 4.79 Å². The standard InChI is InChI=1S/C15H15NO3/c1-9(2)10-3-5-11(6-4-10)14(17)12-7-13(15(18)19)16-8-12/h3-9,16H,1-2H3,(H,18,19). The number of carbonyl (C=O) groups is 2. The third kappa shape index (κ3) is 2.73. The Kier molecular flexibility index (Phi) is 3.51. The van der Waals surface area contributed by atoms with Crippen molar-refractivity contribution in [2.24, 2.45) is 0 Å². The Morgan fingerprint density at radius 3 is 2.21 bits per heavy atom. The van der Waals surface area contributed by atoms with Gasteiger partial charge in [0.25, 0.3) is 0 Å². The Morgan fingerprint density at radius 1 is 1.11 bits per heavy atom. The largest absolute Gasteiger partial charge is 0.477 e. The maximum Gasteiger partial charge on any atom is 0.352 e. The van der Waals surface area contributed by atoms with Gasteiger partial charge < -0.3 is 10.1 Å². The van der Waals surface area contributed by atoms with Gasteiger partial charge in [-0.2, -0.15) is 0 Å². The molecule has 4 nitrogen and oxygen atoms in total. The molecule has 4 heteroatoms. The molecular formula is C15H15NO3. The highest BCUT2D eigenvalue weighted by molar-refractivity contribution is 6.09. The number of H-pyrrole nitrogens is 1. The number of hydrogen-bond donors (Lipinski definition) is 2. The predicted octanol–water partition coefficient (Wildman–Crippen LogP) is 3.07. The zero-order valence-electron chi connectivity index (χ0n) is 10.8. The molecule has 1 aromatic heterocycles. The van der Waals surface area contributed by atoms with Crippen molar-refractivity contribution in [3.8, 4) is 0 Å². The second-order valence-electron chi connectivity index (χ2n) is 4.71. The van der Waals surface area contributed by atoms with Gasteiger partial charge in [0.2, 0.25) is 0 Å². The van der Waals surface area contributed by atoms with Crippen LogP contribution in [-0.2, 0) is 0 Å². The molecule has 0 spiro atoms. The molecule has 0 radical (unpaired) electrons. The van der Waals surface area contributed by atoms with Crippen LogP contribution >= 0.6 is 0 Å². The molecule has 2 aromatic rings. The molecule has 0 unspecified atom stereocenters. The van der Waals surface area contributed by atoms with Crippen molar-refractivity contribution in [2.45, 2.75) is 19.8 Å². The highest BCUT2D eigenvalue weighted by Crippen LogP contribution is 2.17. The molecule has 0 aliphatic heterocycles. The van der Waals surface area contributed by atoms with Gasteiger partial charge in [-0.15, -0.1) is 0 Å². The fraction of sp³-hybridized carbons (Fsp3) is 0.200. The summed E-state index contributed by atoms with van der Waals surface area (Å²) in [5, 5.41) is 8.81. The summed E-state index contributed by atoms with van der Waals surface area (Å²) in [6, 6.07) is 8.72. The Morgan fingerprint density at radius 2 is 1.74 bits per heavy atom. The third-order valence-corrected chi connectivity index (χ3v) is 3.02. The van der Waals surface area contributed by atoms with Crippen LogP contribution in [0.5, 0.6) is 0 Å². The van der Waals surface area contributed by atoms with Gasteiger partial charge in [-0.05, 0) is 17.5 Å². The van der Waals surface area contributed by atoms with E-state index in [4.69, 9.17) is 5.11 Å². The van der Waals surface area contributed by atoms with E-state index in [0.717, 1.165) is 5.56 Å². The number of carbonyl (C=O) groups excluding carboxylic acids is 1. The maximum atomic E-state index is 12.2. The number of hydrogen-bond acceptors (Lipinski definition) is 2. The van der Waals surface area contributed by atoms with E-state index >= 15 is 0 Å². The van der Waals surface area contributed by atoms with Crippen molar-refractivity contribution in [1.29, 1.82) is 0 Å². The van der Waals surface area contributed by atoms with Crippen LogP contribution in [0.25, 0.3) is 0 Å². The summed E-state index contributed by atoms with van der Waals surface area (Å²) < 4.78 is 0. The maximum absolute atomic E-state index is 12.2. The fourth-order valence-electron chi connectivity index (χ4n) is 1.83. The molecule has 0 saturated carbocycles. The number of nitrogens with one attached hydrogen (secondary N) is 1. The molecule has 0 amide bonds. The predicted molar refractivity (Wildman–Crippen MR) is 71.7 cm³/mol. The first-order valence-corrected chi connectivity index (χ1v) is 6.05. The first-order valence-electron chi connectivity index (χ1n) is 6.05. The van der Waals surface area contributed by atoms with Crippen molar-refractivity contribution in [3.63, 3.8) is 0 Å². The molecule has 0 saturated heterocycles. The van der Waals surface area contributed by atoms with Gasteiger partial charge in [0, 0.05) is 17.3 Å². The lowest BCUT2D eigenvalue weighted by molar-refractivity contribution is 0.0691. The summed E-state index contributed by atoms with van der Waals surface area (Å²) >= 11 is 0. The van der Waals surface area contributed by atoms with Crippen molar-refractivity contribution >= 4 is 11.8 Å². The topological polar surface area (TPSA) is 70.2 Å². The summed E-state index contributed by atoms with van der Waals surface area (Å²) in [5.74, 6) is -0.844. The zero-order valence-corrected chi connectivity index (χ0v) is 10.8. The molecule has 19 heavy (non-hydrogen) atoms. The summed E-state index contributed by atoms with van der Waals surface area (Å²) in [6.45, 7) is 4.17. The SMILES string of the molecule is CC(C)c1ccc(C(=O)c2c[nH]c(C(=O)O)c2)cc1. The van der Waals surface area contributed by atoms with Crippen molar-refractivity contribution in [3.05, 3.63) is 58.9 Å². The minimum atomic E-state index is -1.07. The Labute approximate surface area is 111 Å². The lowest BCUT2D eigenvalue weighted by atomic mass is 9.99. The lowest BCUT2D eigenvalue weighted by Crippen LogP contribution is -2.00. The third-order valence-electron chi connectivity index (χ3n) is 3.02. The number of rotatable bonds is 4. The smallest absolute Gasteiger partial charge is 0.352 e. The molecule has 98 valence electrons. The van der Waals surface area contributed by atoms with Gasteiger partial charge in [0.15, 0.2) is 5.78 Å². The summed E-state index contributed by atoms with van der Waals surface area (Å²) in [5.41, 5.74) is 2.09. The van der Waals surface area contributed by atoms with Gasteiger partial charge in [-0.1, -0.05) is 38.1 Å². The molecule has 0 bridgehead atoms. The first kappa shape index (κ1) is 13.1. The van der Waals surface area contributed by atoms with Crippen LogP contribution in [-0.4, -0.2) is 21.8 Å². The van der Waals surface area contributed by atoms with Crippen LogP contribution in [0.1, 0.15) is 51.7 Å². The number of carboxylic acids is 1. The number of ketones is 1. The second kappa shape index (κ2) is 5.10. The zero-order chi connectivity index (χ0) is 14.0. The highest BCUT2D eigenvalue weighted by atomic mass is 16.4. The lowest BCUT2D eigenvalue weighted by Gasteiger charge is -2.05. The van der Waals surface area contributed by atoms with Gasteiger partial charge in [0.05, 0.1) is 0 Å². The Balaban J connectivity index is 2.25. The molecule has 1 heterocycles. The first-order chi connectivity index (χ1) is 8.99. The minimum absolute atomic E-state index is 0.0159. The van der Waals surface area contributed by atoms with E-state index in [1.54, 1.807) is 12.1 Å². The number of benzene rings is 1. The monoisotopic (exact) mass is 257 g/mol. The molecule has 0 atom stereocenters.